The molecule has 0 spiro atoms. The minimum atomic E-state index is -0.122. The largest absolute Gasteiger partial charge is 0.469 e. The third-order valence-corrected chi connectivity index (χ3v) is 7.63. The number of carbonyl (C=O) groups is 2. The minimum absolute atomic E-state index is 0.00341. The molecule has 1 saturated carbocycles. The number of benzene rings is 1. The number of carbonyl (C=O) groups excluding carboxylic acids is 2. The van der Waals surface area contributed by atoms with E-state index in [1.54, 1.807) is 0 Å². The molecule has 0 aromatic heterocycles. The van der Waals surface area contributed by atoms with Gasteiger partial charge in [0, 0.05) is 11.6 Å². The van der Waals surface area contributed by atoms with Gasteiger partial charge in [-0.05, 0) is 101 Å². The van der Waals surface area contributed by atoms with Gasteiger partial charge in [-0.2, -0.15) is 0 Å². The van der Waals surface area contributed by atoms with Crippen LogP contribution < -0.4 is 5.32 Å². The number of hydrogen-bond acceptors (Lipinski definition) is 4. The lowest BCUT2D eigenvalue weighted by Crippen LogP contribution is -2.48. The van der Waals surface area contributed by atoms with E-state index in [0.717, 1.165) is 37.7 Å². The van der Waals surface area contributed by atoms with Crippen LogP contribution in [-0.4, -0.2) is 49.6 Å². The number of nitrogens with zero attached hydrogens (tertiary/aromatic N) is 1. The zero-order valence-corrected chi connectivity index (χ0v) is 17.6. The van der Waals surface area contributed by atoms with E-state index in [2.05, 4.69) is 22.3 Å². The van der Waals surface area contributed by atoms with Crippen molar-refractivity contribution < 1.29 is 14.3 Å². The monoisotopic (exact) mass is 398 g/mol. The second kappa shape index (κ2) is 8.86. The predicted octanol–water partition coefficient (Wildman–Crippen LogP) is 3.57. The summed E-state index contributed by atoms with van der Waals surface area (Å²) >= 11 is 0. The van der Waals surface area contributed by atoms with E-state index in [1.807, 2.05) is 12.1 Å². The summed E-state index contributed by atoms with van der Waals surface area (Å²) in [4.78, 5) is 26.8. The summed E-state index contributed by atoms with van der Waals surface area (Å²) in [5.41, 5.74) is 2.63. The molecule has 0 radical (unpaired) electrons. The number of amides is 1. The molecule has 3 aliphatic heterocycles. The van der Waals surface area contributed by atoms with E-state index >= 15 is 0 Å². The number of fused-ring (bicyclic) bond motifs is 3. The average molecular weight is 399 g/mol. The summed E-state index contributed by atoms with van der Waals surface area (Å²) in [6, 6.07) is 8.33. The van der Waals surface area contributed by atoms with Crippen molar-refractivity contribution in [3.05, 3.63) is 35.4 Å². The standard InChI is InChI=1S/C24H34N2O3/c1-29-23(28)20-6-8-21(9-7-20)25-22(27)19-4-2-18(3-5-19)10-11-24-12-15-26(16-13-24)17-14-24/h2-5,20-21H,6-17H2,1H3,(H,25,27). The highest BCUT2D eigenvalue weighted by Crippen LogP contribution is 2.43. The van der Waals surface area contributed by atoms with Crippen LogP contribution in [0.1, 0.15) is 67.3 Å². The molecule has 3 saturated heterocycles. The van der Waals surface area contributed by atoms with Crippen LogP contribution in [0, 0.1) is 11.3 Å². The fourth-order valence-electron chi connectivity index (χ4n) is 5.41. The first kappa shape index (κ1) is 20.4. The van der Waals surface area contributed by atoms with E-state index in [1.165, 1.54) is 58.0 Å². The van der Waals surface area contributed by atoms with Crippen LogP contribution in [0.4, 0.5) is 0 Å². The third-order valence-electron chi connectivity index (χ3n) is 7.63. The Bertz CT molecular complexity index is 700. The van der Waals surface area contributed by atoms with Gasteiger partial charge in [-0.1, -0.05) is 12.1 Å². The average Bonchev–Trinajstić information content (AvgIpc) is 2.79. The van der Waals surface area contributed by atoms with Crippen LogP contribution in [0.15, 0.2) is 24.3 Å². The molecule has 1 N–H and O–H groups in total. The van der Waals surface area contributed by atoms with Gasteiger partial charge in [0.05, 0.1) is 13.0 Å². The molecule has 0 atom stereocenters. The molecule has 1 aromatic carbocycles. The SMILES string of the molecule is COC(=O)C1CCC(NC(=O)c2ccc(CCC34CCN(CC3)CC4)cc2)CC1. The predicted molar refractivity (Wildman–Crippen MR) is 113 cm³/mol. The van der Waals surface area contributed by atoms with Crippen LogP contribution in [-0.2, 0) is 16.0 Å². The number of piperidine rings is 3. The maximum absolute atomic E-state index is 12.6. The first-order valence-corrected chi connectivity index (χ1v) is 11.3. The topological polar surface area (TPSA) is 58.6 Å². The molecule has 5 rings (SSSR count). The number of rotatable bonds is 6. The molecule has 1 aromatic rings. The van der Waals surface area contributed by atoms with Crippen LogP contribution in [0.2, 0.25) is 0 Å². The van der Waals surface area contributed by atoms with Gasteiger partial charge in [0.25, 0.3) is 5.91 Å². The van der Waals surface area contributed by atoms with Gasteiger partial charge in [-0.3, -0.25) is 9.59 Å². The zero-order valence-electron chi connectivity index (χ0n) is 17.6. The number of methoxy groups -OCH3 is 1. The molecule has 29 heavy (non-hydrogen) atoms. The molecule has 1 amide bonds. The highest BCUT2D eigenvalue weighted by atomic mass is 16.5. The molecular weight excluding hydrogens is 364 g/mol. The number of nitrogens with one attached hydrogen (secondary N) is 1. The Kier molecular flexibility index (Phi) is 6.23. The maximum Gasteiger partial charge on any atom is 0.308 e. The van der Waals surface area contributed by atoms with Crippen molar-refractivity contribution in [2.24, 2.45) is 11.3 Å². The summed E-state index contributed by atoms with van der Waals surface area (Å²) in [6.07, 6.45) is 9.69. The van der Waals surface area contributed by atoms with Gasteiger partial charge < -0.3 is 15.0 Å². The van der Waals surface area contributed by atoms with E-state index < -0.39 is 0 Å². The van der Waals surface area contributed by atoms with Gasteiger partial charge in [0.15, 0.2) is 0 Å². The van der Waals surface area contributed by atoms with E-state index in [4.69, 9.17) is 4.74 Å². The Hall–Kier alpha value is -1.88. The van der Waals surface area contributed by atoms with Gasteiger partial charge >= 0.3 is 5.97 Å². The summed E-state index contributed by atoms with van der Waals surface area (Å²) in [5, 5.41) is 3.14. The van der Waals surface area contributed by atoms with Crippen molar-refractivity contribution in [3.8, 4) is 0 Å². The molecule has 158 valence electrons. The number of hydrogen-bond donors (Lipinski definition) is 1. The van der Waals surface area contributed by atoms with Crippen LogP contribution >= 0.6 is 0 Å². The van der Waals surface area contributed by atoms with Gasteiger partial charge in [0.1, 0.15) is 0 Å². The van der Waals surface area contributed by atoms with Gasteiger partial charge in [-0.15, -0.1) is 0 Å². The molecule has 4 aliphatic rings. The van der Waals surface area contributed by atoms with E-state index in [0.29, 0.717) is 5.41 Å². The van der Waals surface area contributed by atoms with Crippen molar-refractivity contribution >= 4 is 11.9 Å². The third kappa shape index (κ3) is 4.82. The Morgan fingerprint density at radius 2 is 1.66 bits per heavy atom. The van der Waals surface area contributed by atoms with Crippen LogP contribution in [0.5, 0.6) is 0 Å². The summed E-state index contributed by atoms with van der Waals surface area (Å²) in [5.74, 6) is -0.136. The maximum atomic E-state index is 12.6. The molecule has 1 aliphatic carbocycles. The summed E-state index contributed by atoms with van der Waals surface area (Å²) in [7, 11) is 1.44. The normalized spacial score (nSPS) is 31.3. The van der Waals surface area contributed by atoms with Crippen molar-refractivity contribution in [3.63, 3.8) is 0 Å². The fraction of sp³-hybridized carbons (Fsp3) is 0.667. The van der Waals surface area contributed by atoms with Crippen molar-refractivity contribution in [2.45, 2.75) is 63.8 Å². The van der Waals surface area contributed by atoms with Crippen LogP contribution in [0.25, 0.3) is 0 Å². The Balaban J connectivity index is 1.24. The molecular formula is C24H34N2O3. The lowest BCUT2D eigenvalue weighted by molar-refractivity contribution is -0.146. The van der Waals surface area contributed by atoms with E-state index in [-0.39, 0.29) is 23.8 Å². The lowest BCUT2D eigenvalue weighted by atomic mass is 9.69. The summed E-state index contributed by atoms with van der Waals surface area (Å²) < 4.78 is 4.83. The number of ether oxygens (including phenoxy) is 1. The number of aryl methyl sites for hydroxylation is 1. The zero-order chi connectivity index (χ0) is 20.3. The first-order valence-electron chi connectivity index (χ1n) is 11.3. The molecule has 0 unspecified atom stereocenters. The molecule has 3 heterocycles. The Morgan fingerprint density at radius 1 is 1.03 bits per heavy atom. The highest BCUT2D eigenvalue weighted by Gasteiger charge is 2.38. The van der Waals surface area contributed by atoms with Crippen LogP contribution in [0.3, 0.4) is 0 Å². The molecule has 2 bridgehead atoms. The Labute approximate surface area is 174 Å². The highest BCUT2D eigenvalue weighted by molar-refractivity contribution is 5.94. The smallest absolute Gasteiger partial charge is 0.308 e. The van der Waals surface area contributed by atoms with E-state index in [9.17, 15) is 9.59 Å². The lowest BCUT2D eigenvalue weighted by Gasteiger charge is -2.48. The number of esters is 1. The quantitative estimate of drug-likeness (QED) is 0.745. The first-order chi connectivity index (χ1) is 14.1. The second-order valence-corrected chi connectivity index (χ2v) is 9.33. The second-order valence-electron chi connectivity index (χ2n) is 9.33. The van der Waals surface area contributed by atoms with Crippen molar-refractivity contribution in [2.75, 3.05) is 26.7 Å². The minimum Gasteiger partial charge on any atom is -0.469 e. The van der Waals surface area contributed by atoms with Gasteiger partial charge in [0.2, 0.25) is 0 Å². The summed E-state index contributed by atoms with van der Waals surface area (Å²) in [6.45, 7) is 3.84. The molecule has 5 nitrogen and oxygen atoms in total. The Morgan fingerprint density at radius 3 is 2.24 bits per heavy atom. The van der Waals surface area contributed by atoms with Crippen molar-refractivity contribution in [1.82, 2.24) is 10.2 Å². The van der Waals surface area contributed by atoms with Crippen molar-refractivity contribution in [1.29, 1.82) is 0 Å². The molecule has 4 fully saturated rings. The fourth-order valence-corrected chi connectivity index (χ4v) is 5.41. The molecule has 5 heteroatoms. The van der Waals surface area contributed by atoms with Gasteiger partial charge in [-0.25, -0.2) is 0 Å².